The van der Waals surface area contributed by atoms with Crippen molar-refractivity contribution < 1.29 is 9.53 Å². The van der Waals surface area contributed by atoms with Crippen LogP contribution in [0.3, 0.4) is 0 Å². The number of nitrogens with zero attached hydrogens (tertiary/aromatic N) is 1. The molecule has 1 aliphatic heterocycles. The number of carbonyl (C=O) groups excluding carboxylic acids is 1. The van der Waals surface area contributed by atoms with Crippen LogP contribution < -0.4 is 5.32 Å². The molecule has 0 aliphatic carbocycles. The number of nitrogens with one attached hydrogen (secondary N) is 1. The fourth-order valence-electron chi connectivity index (χ4n) is 1.58. The Bertz CT molecular complexity index is 191. The molecule has 1 fully saturated rings. The first kappa shape index (κ1) is 11.5. The Hall–Kier alpha value is -0.610. The average molecular weight is 200 g/mol. The summed E-state index contributed by atoms with van der Waals surface area (Å²) in [5.41, 5.74) is 0. The zero-order chi connectivity index (χ0) is 10.6. The van der Waals surface area contributed by atoms with Gasteiger partial charge < -0.3 is 15.0 Å². The van der Waals surface area contributed by atoms with Gasteiger partial charge in [-0.05, 0) is 20.3 Å². The van der Waals surface area contributed by atoms with Gasteiger partial charge in [0, 0.05) is 26.2 Å². The van der Waals surface area contributed by atoms with Crippen LogP contribution in [0, 0.1) is 0 Å². The molecule has 14 heavy (non-hydrogen) atoms. The Balaban J connectivity index is 2.32. The van der Waals surface area contributed by atoms with Crippen LogP contribution in [0.5, 0.6) is 0 Å². The summed E-state index contributed by atoms with van der Waals surface area (Å²) < 4.78 is 5.24. The summed E-state index contributed by atoms with van der Waals surface area (Å²) in [7, 11) is 1.83. The summed E-state index contributed by atoms with van der Waals surface area (Å²) in [5, 5.41) is 3.28. The van der Waals surface area contributed by atoms with E-state index in [1.54, 1.807) is 4.90 Å². The zero-order valence-electron chi connectivity index (χ0n) is 9.25. The van der Waals surface area contributed by atoms with E-state index < -0.39 is 0 Å². The minimum atomic E-state index is -0.105. The Morgan fingerprint density at radius 1 is 1.71 bits per heavy atom. The van der Waals surface area contributed by atoms with Crippen LogP contribution in [0.1, 0.15) is 20.3 Å². The Morgan fingerprint density at radius 3 is 2.93 bits per heavy atom. The molecule has 0 radical (unpaired) electrons. The molecule has 1 rings (SSSR count). The lowest BCUT2D eigenvalue weighted by atomic mass is 10.2. The summed E-state index contributed by atoms with van der Waals surface area (Å²) in [6, 6.07) is 0.242. The molecule has 1 N–H and O–H groups in total. The summed E-state index contributed by atoms with van der Waals surface area (Å²) in [4.78, 5) is 13.4. The van der Waals surface area contributed by atoms with Gasteiger partial charge in [-0.15, -0.1) is 0 Å². The summed E-state index contributed by atoms with van der Waals surface area (Å²) >= 11 is 0. The van der Waals surface area contributed by atoms with E-state index in [0.29, 0.717) is 6.04 Å². The molecule has 82 valence electrons. The summed E-state index contributed by atoms with van der Waals surface area (Å²) in [6.45, 7) is 6.18. The minimum Gasteiger partial charge on any atom is -0.380 e. The second-order valence-corrected chi connectivity index (χ2v) is 3.80. The van der Waals surface area contributed by atoms with Crippen LogP contribution in [0.4, 0.5) is 0 Å². The van der Waals surface area contributed by atoms with Crippen molar-refractivity contribution in [1.29, 1.82) is 0 Å². The molecule has 2 unspecified atom stereocenters. The molecule has 0 aromatic carbocycles. The highest BCUT2D eigenvalue weighted by atomic mass is 16.5. The monoisotopic (exact) mass is 200 g/mol. The van der Waals surface area contributed by atoms with E-state index in [0.717, 1.165) is 26.2 Å². The molecule has 1 amide bonds. The first-order valence-corrected chi connectivity index (χ1v) is 5.24. The smallest absolute Gasteiger partial charge is 0.239 e. The van der Waals surface area contributed by atoms with Crippen molar-refractivity contribution in [3.63, 3.8) is 0 Å². The highest BCUT2D eigenvalue weighted by Gasteiger charge is 2.22. The highest BCUT2D eigenvalue weighted by Crippen LogP contribution is 2.05. The maximum atomic E-state index is 11.7. The Kier molecular flexibility index (Phi) is 4.35. The Labute approximate surface area is 85.6 Å². The lowest BCUT2D eigenvalue weighted by molar-refractivity contribution is -0.131. The molecule has 1 aliphatic rings. The van der Waals surface area contributed by atoms with E-state index in [1.807, 2.05) is 20.9 Å². The first-order chi connectivity index (χ1) is 6.65. The van der Waals surface area contributed by atoms with Crippen LogP contribution >= 0.6 is 0 Å². The number of rotatable bonds is 4. The molecule has 4 nitrogen and oxygen atoms in total. The zero-order valence-corrected chi connectivity index (χ0v) is 9.25. The van der Waals surface area contributed by atoms with E-state index >= 15 is 0 Å². The largest absolute Gasteiger partial charge is 0.380 e. The van der Waals surface area contributed by atoms with Crippen molar-refractivity contribution in [3.05, 3.63) is 0 Å². The van der Waals surface area contributed by atoms with Gasteiger partial charge >= 0.3 is 0 Å². The fraction of sp³-hybridized carbons (Fsp3) is 0.900. The van der Waals surface area contributed by atoms with Crippen molar-refractivity contribution in [1.82, 2.24) is 10.2 Å². The van der Waals surface area contributed by atoms with Crippen LogP contribution in [-0.2, 0) is 9.53 Å². The molecular formula is C10H20N2O2. The number of carbonyl (C=O) groups is 1. The van der Waals surface area contributed by atoms with Crippen LogP contribution in [-0.4, -0.2) is 49.7 Å². The maximum absolute atomic E-state index is 11.7. The molecule has 1 heterocycles. The molecule has 0 spiro atoms. The van der Waals surface area contributed by atoms with E-state index in [2.05, 4.69) is 5.32 Å². The predicted octanol–water partition coefficient (Wildman–Crippen LogP) is 0.232. The van der Waals surface area contributed by atoms with E-state index in [1.165, 1.54) is 0 Å². The average Bonchev–Trinajstić information content (AvgIpc) is 2.68. The van der Waals surface area contributed by atoms with Crippen LogP contribution in [0.15, 0.2) is 0 Å². The standard InChI is InChI=1S/C10H20N2O2/c1-4-12(3)10(13)8(2)11-9-5-6-14-7-9/h8-9,11H,4-7H2,1-3H3. The molecule has 0 aromatic rings. The van der Waals surface area contributed by atoms with Gasteiger partial charge in [-0.3, -0.25) is 4.79 Å². The maximum Gasteiger partial charge on any atom is 0.239 e. The second-order valence-electron chi connectivity index (χ2n) is 3.80. The van der Waals surface area contributed by atoms with Crippen LogP contribution in [0.2, 0.25) is 0 Å². The number of hydrogen-bond acceptors (Lipinski definition) is 3. The molecule has 0 saturated carbocycles. The van der Waals surface area contributed by atoms with Gasteiger partial charge in [0.2, 0.25) is 5.91 Å². The second kappa shape index (κ2) is 5.32. The number of amides is 1. The predicted molar refractivity (Wildman–Crippen MR) is 55.1 cm³/mol. The number of hydrogen-bond donors (Lipinski definition) is 1. The third-order valence-electron chi connectivity index (χ3n) is 2.64. The minimum absolute atomic E-state index is 0.105. The van der Waals surface area contributed by atoms with E-state index in [9.17, 15) is 4.79 Å². The van der Waals surface area contributed by atoms with Crippen molar-refractivity contribution in [3.8, 4) is 0 Å². The van der Waals surface area contributed by atoms with Gasteiger partial charge in [0.1, 0.15) is 0 Å². The molecule has 1 saturated heterocycles. The van der Waals surface area contributed by atoms with Gasteiger partial charge in [-0.25, -0.2) is 0 Å². The van der Waals surface area contributed by atoms with E-state index in [4.69, 9.17) is 4.74 Å². The molecule has 4 heteroatoms. The topological polar surface area (TPSA) is 41.6 Å². The van der Waals surface area contributed by atoms with Crippen molar-refractivity contribution >= 4 is 5.91 Å². The highest BCUT2D eigenvalue weighted by molar-refractivity contribution is 5.81. The van der Waals surface area contributed by atoms with Gasteiger partial charge in [-0.1, -0.05) is 0 Å². The third-order valence-corrected chi connectivity index (χ3v) is 2.64. The van der Waals surface area contributed by atoms with Gasteiger partial charge in [0.15, 0.2) is 0 Å². The van der Waals surface area contributed by atoms with Crippen LogP contribution in [0.25, 0.3) is 0 Å². The number of ether oxygens (including phenoxy) is 1. The summed E-state index contributed by atoms with van der Waals surface area (Å²) in [5.74, 6) is 0.152. The van der Waals surface area contributed by atoms with Gasteiger partial charge in [-0.2, -0.15) is 0 Å². The molecule has 0 aromatic heterocycles. The molecular weight excluding hydrogens is 180 g/mol. The molecule has 2 atom stereocenters. The van der Waals surface area contributed by atoms with E-state index in [-0.39, 0.29) is 11.9 Å². The van der Waals surface area contributed by atoms with Crippen molar-refractivity contribution in [2.75, 3.05) is 26.8 Å². The normalized spacial score (nSPS) is 23.5. The molecule has 0 bridgehead atoms. The van der Waals surface area contributed by atoms with Crippen molar-refractivity contribution in [2.24, 2.45) is 0 Å². The third kappa shape index (κ3) is 2.96. The van der Waals surface area contributed by atoms with Gasteiger partial charge in [0.05, 0.1) is 12.6 Å². The quantitative estimate of drug-likeness (QED) is 0.706. The SMILES string of the molecule is CCN(C)C(=O)C(C)NC1CCOC1. The van der Waals surface area contributed by atoms with Crippen molar-refractivity contribution in [2.45, 2.75) is 32.4 Å². The Morgan fingerprint density at radius 2 is 2.43 bits per heavy atom. The lowest BCUT2D eigenvalue weighted by Gasteiger charge is -2.22. The lowest BCUT2D eigenvalue weighted by Crippen LogP contribution is -2.47. The summed E-state index contributed by atoms with van der Waals surface area (Å²) in [6.07, 6.45) is 1.01. The number of likely N-dealkylation sites (N-methyl/N-ethyl adjacent to an activating group) is 1. The van der Waals surface area contributed by atoms with Gasteiger partial charge in [0.25, 0.3) is 0 Å². The fourth-order valence-corrected chi connectivity index (χ4v) is 1.58. The first-order valence-electron chi connectivity index (χ1n) is 5.24.